The maximum atomic E-state index is 13.5. The molecular formula is C29H26N10O3. The molecule has 0 bridgehead atoms. The molecule has 13 nitrogen and oxygen atoms in total. The fourth-order valence-corrected chi connectivity index (χ4v) is 5.03. The van der Waals surface area contributed by atoms with Gasteiger partial charge in [-0.1, -0.05) is 12.1 Å². The van der Waals surface area contributed by atoms with Gasteiger partial charge in [-0.2, -0.15) is 10.1 Å². The molecule has 1 saturated heterocycles. The molecule has 13 heteroatoms. The van der Waals surface area contributed by atoms with Gasteiger partial charge in [0.15, 0.2) is 11.4 Å². The number of amides is 2. The zero-order chi connectivity index (χ0) is 29.2. The normalized spacial score (nSPS) is 14.5. The molecule has 1 aliphatic heterocycles. The molecule has 2 amide bonds. The summed E-state index contributed by atoms with van der Waals surface area (Å²) in [6, 6.07) is 17.9. The molecular weight excluding hydrogens is 536 g/mol. The van der Waals surface area contributed by atoms with E-state index in [-0.39, 0.29) is 17.9 Å². The Morgan fingerprint density at radius 2 is 1.83 bits per heavy atom. The second-order valence-electron chi connectivity index (χ2n) is 9.91. The SMILES string of the molecule is CC(=O)Nc1ccc2oc(-c3ccnc(C(=O)N4CCN(C(c5ccc(C#N)cc5)c5nnn(C)n5)CC4)c3)nc2c1. The molecule has 6 rings (SSSR count). The van der Waals surface area contributed by atoms with Crippen molar-refractivity contribution in [1.29, 1.82) is 5.26 Å². The summed E-state index contributed by atoms with van der Waals surface area (Å²) in [5, 5.41) is 24.6. The molecule has 1 N–H and O–H groups in total. The average molecular weight is 563 g/mol. The van der Waals surface area contributed by atoms with Crippen LogP contribution >= 0.6 is 0 Å². The van der Waals surface area contributed by atoms with Crippen LogP contribution in [-0.4, -0.2) is 78.0 Å². The van der Waals surface area contributed by atoms with Crippen LogP contribution < -0.4 is 5.32 Å². The van der Waals surface area contributed by atoms with Crippen molar-refractivity contribution in [2.75, 3.05) is 31.5 Å². The molecule has 1 fully saturated rings. The third kappa shape index (κ3) is 5.43. The molecule has 0 aliphatic carbocycles. The number of anilines is 1. The van der Waals surface area contributed by atoms with Crippen LogP contribution in [0.1, 0.15) is 40.4 Å². The number of piperazine rings is 1. The number of benzene rings is 2. The van der Waals surface area contributed by atoms with Crippen LogP contribution in [0, 0.1) is 11.3 Å². The van der Waals surface area contributed by atoms with E-state index in [1.807, 2.05) is 12.1 Å². The van der Waals surface area contributed by atoms with Crippen molar-refractivity contribution in [3.8, 4) is 17.5 Å². The first kappa shape index (κ1) is 26.7. The van der Waals surface area contributed by atoms with E-state index in [2.05, 4.69) is 41.7 Å². The number of fused-ring (bicyclic) bond motifs is 1. The van der Waals surface area contributed by atoms with E-state index in [0.717, 1.165) is 5.56 Å². The minimum atomic E-state index is -0.268. The predicted molar refractivity (Wildman–Crippen MR) is 151 cm³/mol. The smallest absolute Gasteiger partial charge is 0.272 e. The fraction of sp³-hybridized carbons (Fsp3) is 0.241. The molecule has 0 saturated carbocycles. The van der Waals surface area contributed by atoms with Gasteiger partial charge < -0.3 is 14.6 Å². The maximum Gasteiger partial charge on any atom is 0.272 e. The van der Waals surface area contributed by atoms with E-state index in [0.29, 0.717) is 71.5 Å². The Bertz CT molecular complexity index is 1810. The van der Waals surface area contributed by atoms with Crippen LogP contribution in [0.2, 0.25) is 0 Å². The summed E-state index contributed by atoms with van der Waals surface area (Å²) in [5.74, 6) is 0.548. The lowest BCUT2D eigenvalue weighted by atomic mass is 10.0. The Morgan fingerprint density at radius 1 is 1.05 bits per heavy atom. The molecule has 4 heterocycles. The van der Waals surface area contributed by atoms with E-state index in [9.17, 15) is 14.9 Å². The van der Waals surface area contributed by atoms with Gasteiger partial charge in [-0.3, -0.25) is 19.5 Å². The summed E-state index contributed by atoms with van der Waals surface area (Å²) >= 11 is 0. The first-order valence-electron chi connectivity index (χ1n) is 13.3. The summed E-state index contributed by atoms with van der Waals surface area (Å²) in [6.07, 6.45) is 1.57. The highest BCUT2D eigenvalue weighted by atomic mass is 16.3. The summed E-state index contributed by atoms with van der Waals surface area (Å²) in [7, 11) is 1.72. The number of hydrogen-bond acceptors (Lipinski definition) is 10. The van der Waals surface area contributed by atoms with E-state index in [1.165, 1.54) is 11.7 Å². The van der Waals surface area contributed by atoms with Gasteiger partial charge in [-0.15, -0.1) is 10.2 Å². The van der Waals surface area contributed by atoms with Gasteiger partial charge in [-0.05, 0) is 53.2 Å². The molecule has 1 atom stereocenters. The molecule has 0 radical (unpaired) electrons. The van der Waals surface area contributed by atoms with Gasteiger partial charge in [0.1, 0.15) is 11.2 Å². The van der Waals surface area contributed by atoms with E-state index < -0.39 is 0 Å². The van der Waals surface area contributed by atoms with Gasteiger partial charge in [0.25, 0.3) is 5.91 Å². The standard InChI is InChI=1S/C29H26N10O3/c1-18(40)32-22-7-8-25-23(16-22)33-28(42-25)21-9-10-31-24(15-21)29(41)39-13-11-38(12-14-39)26(27-34-36-37(2)35-27)20-5-3-19(17-30)4-6-20/h3-10,15-16,26H,11-14H2,1-2H3,(H,32,40). The Labute approximate surface area is 240 Å². The van der Waals surface area contributed by atoms with Gasteiger partial charge in [-0.25, -0.2) is 4.98 Å². The zero-order valence-electron chi connectivity index (χ0n) is 22.9. The minimum absolute atomic E-state index is 0.175. The highest BCUT2D eigenvalue weighted by Crippen LogP contribution is 2.29. The third-order valence-corrected chi connectivity index (χ3v) is 7.02. The van der Waals surface area contributed by atoms with Crippen molar-refractivity contribution in [1.82, 2.24) is 40.0 Å². The molecule has 2 aromatic carbocycles. The highest BCUT2D eigenvalue weighted by molar-refractivity contribution is 5.94. The third-order valence-electron chi connectivity index (χ3n) is 7.02. The number of rotatable bonds is 6. The molecule has 3 aromatic heterocycles. The summed E-state index contributed by atoms with van der Waals surface area (Å²) in [5.41, 5.74) is 4.21. The lowest BCUT2D eigenvalue weighted by Crippen LogP contribution is -2.50. The Hall–Kier alpha value is -5.48. The Morgan fingerprint density at radius 3 is 2.52 bits per heavy atom. The summed E-state index contributed by atoms with van der Waals surface area (Å²) < 4.78 is 5.92. The van der Waals surface area contributed by atoms with Crippen LogP contribution in [0.4, 0.5) is 5.69 Å². The number of nitriles is 1. The predicted octanol–water partition coefficient (Wildman–Crippen LogP) is 2.79. The van der Waals surface area contributed by atoms with Crippen LogP contribution in [0.25, 0.3) is 22.6 Å². The van der Waals surface area contributed by atoms with Crippen LogP contribution in [0.3, 0.4) is 0 Å². The van der Waals surface area contributed by atoms with Crippen molar-refractivity contribution in [3.05, 3.63) is 83.4 Å². The van der Waals surface area contributed by atoms with E-state index in [1.54, 1.807) is 60.6 Å². The number of carbonyl (C=O) groups is 2. The number of aromatic nitrogens is 6. The summed E-state index contributed by atoms with van der Waals surface area (Å²) in [4.78, 5) is 39.2. The maximum absolute atomic E-state index is 13.5. The van der Waals surface area contributed by atoms with E-state index >= 15 is 0 Å². The Balaban J connectivity index is 1.18. The lowest BCUT2D eigenvalue weighted by molar-refractivity contribution is -0.114. The minimum Gasteiger partial charge on any atom is -0.436 e. The number of aryl methyl sites for hydroxylation is 1. The van der Waals surface area contributed by atoms with Crippen molar-refractivity contribution < 1.29 is 14.0 Å². The first-order chi connectivity index (χ1) is 20.4. The number of nitrogens with one attached hydrogen (secondary N) is 1. The second kappa shape index (κ2) is 11.2. The number of oxazole rings is 1. The number of pyridine rings is 1. The Kier molecular flexibility index (Phi) is 7.12. The van der Waals surface area contributed by atoms with Gasteiger partial charge in [0, 0.05) is 50.6 Å². The fourth-order valence-electron chi connectivity index (χ4n) is 5.03. The molecule has 1 aliphatic rings. The van der Waals surface area contributed by atoms with Crippen LogP contribution in [-0.2, 0) is 11.8 Å². The number of hydrogen-bond donors (Lipinski definition) is 1. The van der Waals surface area contributed by atoms with Crippen LogP contribution in [0.5, 0.6) is 0 Å². The van der Waals surface area contributed by atoms with Gasteiger partial charge >= 0.3 is 0 Å². The van der Waals surface area contributed by atoms with Gasteiger partial charge in [0.05, 0.1) is 24.7 Å². The molecule has 0 spiro atoms. The number of nitrogens with zero attached hydrogens (tertiary/aromatic N) is 9. The van der Waals surface area contributed by atoms with Crippen molar-refractivity contribution in [2.45, 2.75) is 13.0 Å². The lowest BCUT2D eigenvalue weighted by Gasteiger charge is -2.38. The summed E-state index contributed by atoms with van der Waals surface area (Å²) in [6.45, 7) is 3.56. The molecule has 1 unspecified atom stereocenters. The molecule has 5 aromatic rings. The van der Waals surface area contributed by atoms with Crippen molar-refractivity contribution in [3.63, 3.8) is 0 Å². The number of tetrazole rings is 1. The molecule has 210 valence electrons. The second-order valence-corrected chi connectivity index (χ2v) is 9.91. The highest BCUT2D eigenvalue weighted by Gasteiger charge is 2.31. The largest absolute Gasteiger partial charge is 0.436 e. The van der Waals surface area contributed by atoms with Crippen LogP contribution in [0.15, 0.2) is 65.2 Å². The van der Waals surface area contributed by atoms with Crippen molar-refractivity contribution >= 4 is 28.6 Å². The number of carbonyl (C=O) groups excluding carboxylic acids is 2. The monoisotopic (exact) mass is 562 g/mol. The first-order valence-corrected chi connectivity index (χ1v) is 13.3. The van der Waals surface area contributed by atoms with Gasteiger partial charge in [0.2, 0.25) is 11.8 Å². The quantitative estimate of drug-likeness (QED) is 0.326. The average Bonchev–Trinajstić information content (AvgIpc) is 3.63. The van der Waals surface area contributed by atoms with Crippen molar-refractivity contribution in [2.24, 2.45) is 7.05 Å². The zero-order valence-corrected chi connectivity index (χ0v) is 22.9. The van der Waals surface area contributed by atoms with E-state index in [4.69, 9.17) is 4.42 Å². The molecule has 42 heavy (non-hydrogen) atoms. The topological polar surface area (TPSA) is 159 Å².